The maximum absolute atomic E-state index is 6.46. The largest absolute Gasteiger partial charge is 0.335 e. The first-order valence-corrected chi connectivity index (χ1v) is 9.68. The molecule has 0 radical (unpaired) electrons. The Kier molecular flexibility index (Phi) is 4.48. The van der Waals surface area contributed by atoms with Gasteiger partial charge in [0.2, 0.25) is 0 Å². The SMILES string of the molecule is CC(C)(C)C1CN(O[SiH](c2ccccc2)c2ccccc2)C1. The molecule has 116 valence electrons. The van der Waals surface area contributed by atoms with E-state index >= 15 is 0 Å². The van der Waals surface area contributed by atoms with Crippen LogP contribution in [0.1, 0.15) is 20.8 Å². The minimum atomic E-state index is -1.63. The number of benzene rings is 2. The van der Waals surface area contributed by atoms with E-state index < -0.39 is 9.04 Å². The second-order valence-corrected chi connectivity index (χ2v) is 9.52. The van der Waals surface area contributed by atoms with Gasteiger partial charge in [-0.05, 0) is 21.7 Å². The second-order valence-electron chi connectivity index (χ2n) is 7.22. The fraction of sp³-hybridized carbons (Fsp3) is 0.368. The van der Waals surface area contributed by atoms with Crippen LogP contribution in [-0.4, -0.2) is 27.2 Å². The van der Waals surface area contributed by atoms with Gasteiger partial charge in [0.15, 0.2) is 0 Å². The summed E-state index contributed by atoms with van der Waals surface area (Å²) in [5, 5.41) is 4.85. The molecule has 0 atom stereocenters. The summed E-state index contributed by atoms with van der Waals surface area (Å²) in [7, 11) is -1.63. The zero-order chi connectivity index (χ0) is 15.6. The van der Waals surface area contributed by atoms with E-state index in [9.17, 15) is 0 Å². The number of rotatable bonds is 4. The normalized spacial score (nSPS) is 16.7. The van der Waals surface area contributed by atoms with Crippen molar-refractivity contribution in [3.05, 3.63) is 60.7 Å². The number of hydroxylamine groups is 2. The third kappa shape index (κ3) is 3.49. The lowest BCUT2D eigenvalue weighted by Gasteiger charge is -2.46. The van der Waals surface area contributed by atoms with Crippen LogP contribution in [-0.2, 0) is 4.53 Å². The number of nitrogens with zero attached hydrogens (tertiary/aromatic N) is 1. The Hall–Kier alpha value is -1.42. The molecule has 1 aliphatic heterocycles. The lowest BCUT2D eigenvalue weighted by molar-refractivity contribution is -0.164. The zero-order valence-electron chi connectivity index (χ0n) is 13.7. The van der Waals surface area contributed by atoms with Gasteiger partial charge in [-0.3, -0.25) is 0 Å². The van der Waals surface area contributed by atoms with Crippen molar-refractivity contribution in [2.24, 2.45) is 11.3 Å². The highest BCUT2D eigenvalue weighted by Crippen LogP contribution is 2.33. The Morgan fingerprint density at radius 1 is 0.864 bits per heavy atom. The Balaban J connectivity index is 1.74. The van der Waals surface area contributed by atoms with Gasteiger partial charge in [0, 0.05) is 13.1 Å². The minimum absolute atomic E-state index is 0.371. The Bertz CT molecular complexity index is 548. The van der Waals surface area contributed by atoms with Crippen molar-refractivity contribution >= 4 is 19.4 Å². The average Bonchev–Trinajstić information content (AvgIpc) is 2.46. The molecule has 0 saturated carbocycles. The van der Waals surface area contributed by atoms with Crippen LogP contribution in [0.5, 0.6) is 0 Å². The van der Waals surface area contributed by atoms with Crippen molar-refractivity contribution in [3.63, 3.8) is 0 Å². The van der Waals surface area contributed by atoms with Crippen LogP contribution in [0, 0.1) is 11.3 Å². The van der Waals surface area contributed by atoms with E-state index in [1.54, 1.807) is 0 Å². The number of hydrogen-bond acceptors (Lipinski definition) is 2. The van der Waals surface area contributed by atoms with Gasteiger partial charge < -0.3 is 4.53 Å². The molecule has 1 aliphatic rings. The van der Waals surface area contributed by atoms with Crippen LogP contribution in [0.25, 0.3) is 0 Å². The van der Waals surface area contributed by atoms with Crippen LogP contribution in [0.3, 0.4) is 0 Å². The maximum Gasteiger partial charge on any atom is 0.267 e. The van der Waals surface area contributed by atoms with E-state index in [0.717, 1.165) is 19.0 Å². The first kappa shape index (κ1) is 15.5. The van der Waals surface area contributed by atoms with Crippen molar-refractivity contribution in [2.45, 2.75) is 20.8 Å². The summed E-state index contributed by atoms with van der Waals surface area (Å²) in [6.07, 6.45) is 0. The van der Waals surface area contributed by atoms with Gasteiger partial charge in [0.05, 0.1) is 0 Å². The van der Waals surface area contributed by atoms with Crippen LogP contribution in [0.2, 0.25) is 0 Å². The predicted octanol–water partition coefficient (Wildman–Crippen LogP) is 2.43. The topological polar surface area (TPSA) is 12.5 Å². The van der Waals surface area contributed by atoms with E-state index in [2.05, 4.69) is 86.5 Å². The van der Waals surface area contributed by atoms with Gasteiger partial charge in [-0.25, -0.2) is 5.06 Å². The molecule has 22 heavy (non-hydrogen) atoms. The molecular formula is C19H25NOSi. The van der Waals surface area contributed by atoms with E-state index in [1.165, 1.54) is 10.4 Å². The molecule has 1 fully saturated rings. The molecule has 2 aromatic carbocycles. The smallest absolute Gasteiger partial charge is 0.267 e. The first-order chi connectivity index (χ1) is 10.5. The Morgan fingerprint density at radius 3 is 1.73 bits per heavy atom. The molecule has 0 aliphatic carbocycles. The van der Waals surface area contributed by atoms with Gasteiger partial charge in [-0.2, -0.15) is 0 Å². The summed E-state index contributed by atoms with van der Waals surface area (Å²) in [6, 6.07) is 21.4. The zero-order valence-corrected chi connectivity index (χ0v) is 14.9. The van der Waals surface area contributed by atoms with Gasteiger partial charge in [0.1, 0.15) is 0 Å². The van der Waals surface area contributed by atoms with Crippen molar-refractivity contribution in [3.8, 4) is 0 Å². The van der Waals surface area contributed by atoms with Gasteiger partial charge >= 0.3 is 0 Å². The molecule has 0 unspecified atom stereocenters. The molecule has 2 aromatic rings. The van der Waals surface area contributed by atoms with Crippen molar-refractivity contribution in [1.29, 1.82) is 0 Å². The van der Waals surface area contributed by atoms with Gasteiger partial charge in [0.25, 0.3) is 9.04 Å². The molecule has 0 amide bonds. The van der Waals surface area contributed by atoms with Crippen molar-refractivity contribution in [1.82, 2.24) is 5.06 Å². The molecule has 0 N–H and O–H groups in total. The number of hydrogen-bond donors (Lipinski definition) is 0. The van der Waals surface area contributed by atoms with E-state index in [0.29, 0.717) is 5.41 Å². The van der Waals surface area contributed by atoms with Crippen LogP contribution in [0.4, 0.5) is 0 Å². The summed E-state index contributed by atoms with van der Waals surface area (Å²) >= 11 is 0. The van der Waals surface area contributed by atoms with E-state index in [-0.39, 0.29) is 0 Å². The van der Waals surface area contributed by atoms with E-state index in [4.69, 9.17) is 4.53 Å². The summed E-state index contributed by atoms with van der Waals surface area (Å²) < 4.78 is 6.46. The average molecular weight is 312 g/mol. The van der Waals surface area contributed by atoms with E-state index in [1.807, 2.05) is 0 Å². The summed E-state index contributed by atoms with van der Waals surface area (Å²) in [5.74, 6) is 0.730. The lowest BCUT2D eigenvalue weighted by Crippen LogP contribution is -2.58. The molecular weight excluding hydrogens is 286 g/mol. The van der Waals surface area contributed by atoms with Crippen LogP contribution < -0.4 is 10.4 Å². The highest BCUT2D eigenvalue weighted by molar-refractivity contribution is 6.79. The third-order valence-electron chi connectivity index (χ3n) is 4.53. The molecule has 0 spiro atoms. The molecule has 1 heterocycles. The summed E-state index contributed by atoms with van der Waals surface area (Å²) in [6.45, 7) is 9.05. The third-order valence-corrected chi connectivity index (χ3v) is 7.02. The first-order valence-electron chi connectivity index (χ1n) is 8.05. The molecule has 0 aromatic heterocycles. The van der Waals surface area contributed by atoms with Gasteiger partial charge in [-0.15, -0.1) is 0 Å². The predicted molar refractivity (Wildman–Crippen MR) is 94.9 cm³/mol. The molecule has 1 saturated heterocycles. The summed E-state index contributed by atoms with van der Waals surface area (Å²) in [5.41, 5.74) is 0.371. The molecule has 2 nitrogen and oxygen atoms in total. The molecule has 3 rings (SSSR count). The highest BCUT2D eigenvalue weighted by Gasteiger charge is 2.38. The highest BCUT2D eigenvalue weighted by atomic mass is 28.3. The van der Waals surface area contributed by atoms with Crippen LogP contribution >= 0.6 is 0 Å². The second kappa shape index (κ2) is 6.37. The quantitative estimate of drug-likeness (QED) is 0.804. The Morgan fingerprint density at radius 2 is 1.32 bits per heavy atom. The molecule has 0 bridgehead atoms. The van der Waals surface area contributed by atoms with Crippen LogP contribution in [0.15, 0.2) is 60.7 Å². The summed E-state index contributed by atoms with van der Waals surface area (Å²) in [4.78, 5) is 0. The monoisotopic (exact) mass is 311 g/mol. The standard InChI is InChI=1S/C19H25NOSi/c1-19(2,3)16-14-20(15-16)21-22(17-10-6-4-7-11-17)18-12-8-5-9-13-18/h4-13,16,22H,14-15H2,1-3H3. The van der Waals surface area contributed by atoms with Crippen molar-refractivity contribution in [2.75, 3.05) is 13.1 Å². The minimum Gasteiger partial charge on any atom is -0.335 e. The maximum atomic E-state index is 6.46. The van der Waals surface area contributed by atoms with Gasteiger partial charge in [-0.1, -0.05) is 81.4 Å². The lowest BCUT2D eigenvalue weighted by atomic mass is 9.77. The fourth-order valence-electron chi connectivity index (χ4n) is 2.79. The Labute approximate surface area is 135 Å². The van der Waals surface area contributed by atoms with Crippen molar-refractivity contribution < 1.29 is 4.53 Å². The fourth-order valence-corrected chi connectivity index (χ4v) is 5.03. The molecule has 3 heteroatoms.